The fraction of sp³-hybridized carbons (Fsp3) is 0.667. The van der Waals surface area contributed by atoms with Crippen molar-refractivity contribution in [1.29, 1.82) is 0 Å². The Bertz CT molecular complexity index is 518. The van der Waals surface area contributed by atoms with Gasteiger partial charge in [0.2, 0.25) is 0 Å². The zero-order valence-corrected chi connectivity index (χ0v) is 16.7. The van der Waals surface area contributed by atoms with Crippen molar-refractivity contribution in [1.82, 2.24) is 15.5 Å². The fourth-order valence-corrected chi connectivity index (χ4v) is 3.26. The summed E-state index contributed by atoms with van der Waals surface area (Å²) in [6, 6.07) is 10.6. The van der Waals surface area contributed by atoms with E-state index < -0.39 is 0 Å². The van der Waals surface area contributed by atoms with Crippen LogP contribution in [0, 0.1) is 5.92 Å². The van der Waals surface area contributed by atoms with Crippen LogP contribution in [0.5, 0.6) is 5.75 Å². The number of likely N-dealkylation sites (tertiary alicyclic amines) is 1. The molecule has 2 N–H and O–H groups in total. The van der Waals surface area contributed by atoms with Crippen LogP contribution in [0.25, 0.3) is 0 Å². The zero-order chi connectivity index (χ0) is 18.6. The summed E-state index contributed by atoms with van der Waals surface area (Å²) < 4.78 is 5.73. The standard InChI is InChI=1S/C21H36N4O/c1-4-22-21(23-13-9-15-26-20-11-6-5-7-12-20)24-16-19-10-8-14-25(17-19)18(2)3/h5-7,11-12,18-19H,4,8-10,13-17H2,1-3H3,(H2,22,23,24). The first kappa shape index (κ1) is 20.6. The number of piperidine rings is 1. The molecule has 1 aromatic carbocycles. The highest BCUT2D eigenvalue weighted by Gasteiger charge is 2.21. The van der Waals surface area contributed by atoms with Gasteiger partial charge in [0.1, 0.15) is 5.75 Å². The van der Waals surface area contributed by atoms with E-state index in [1.807, 2.05) is 30.3 Å². The van der Waals surface area contributed by atoms with E-state index in [0.717, 1.165) is 37.8 Å². The second-order valence-electron chi connectivity index (χ2n) is 7.26. The summed E-state index contributed by atoms with van der Waals surface area (Å²) in [5.41, 5.74) is 0. The Morgan fingerprint density at radius 2 is 2.08 bits per heavy atom. The monoisotopic (exact) mass is 360 g/mol. The summed E-state index contributed by atoms with van der Waals surface area (Å²) in [6.45, 7) is 12.4. The molecule has 5 nitrogen and oxygen atoms in total. The molecule has 0 bridgehead atoms. The van der Waals surface area contributed by atoms with Gasteiger partial charge < -0.3 is 20.3 Å². The van der Waals surface area contributed by atoms with Crippen molar-refractivity contribution in [3.05, 3.63) is 30.3 Å². The van der Waals surface area contributed by atoms with Gasteiger partial charge in [0.25, 0.3) is 0 Å². The van der Waals surface area contributed by atoms with Crippen LogP contribution >= 0.6 is 0 Å². The van der Waals surface area contributed by atoms with Crippen LogP contribution in [0.2, 0.25) is 0 Å². The molecule has 0 radical (unpaired) electrons. The molecule has 0 aromatic heterocycles. The molecule has 1 atom stereocenters. The molecule has 5 heteroatoms. The summed E-state index contributed by atoms with van der Waals surface area (Å²) in [6.07, 6.45) is 3.53. The number of para-hydroxylation sites is 1. The molecule has 1 saturated heterocycles. The Morgan fingerprint density at radius 3 is 2.81 bits per heavy atom. The first-order valence-corrected chi connectivity index (χ1v) is 10.1. The molecule has 1 unspecified atom stereocenters. The van der Waals surface area contributed by atoms with Crippen LogP contribution in [0.4, 0.5) is 0 Å². The van der Waals surface area contributed by atoms with Gasteiger partial charge >= 0.3 is 0 Å². The predicted octanol–water partition coefficient (Wildman–Crippen LogP) is 3.13. The number of hydrogen-bond acceptors (Lipinski definition) is 3. The van der Waals surface area contributed by atoms with Gasteiger partial charge in [-0.25, -0.2) is 0 Å². The van der Waals surface area contributed by atoms with E-state index >= 15 is 0 Å². The SMILES string of the molecule is CCNC(=NCC1CCCN(C(C)C)C1)NCCCOc1ccccc1. The number of aliphatic imine (C=N–C) groups is 1. The average molecular weight is 361 g/mol. The van der Waals surface area contributed by atoms with Crippen molar-refractivity contribution < 1.29 is 4.74 Å². The highest BCUT2D eigenvalue weighted by Crippen LogP contribution is 2.18. The second kappa shape index (κ2) is 11.8. The van der Waals surface area contributed by atoms with Crippen LogP contribution in [-0.4, -0.2) is 56.2 Å². The summed E-state index contributed by atoms with van der Waals surface area (Å²) in [7, 11) is 0. The topological polar surface area (TPSA) is 48.9 Å². The van der Waals surface area contributed by atoms with E-state index in [9.17, 15) is 0 Å². The van der Waals surface area contributed by atoms with Gasteiger partial charge in [-0.05, 0) is 64.6 Å². The summed E-state index contributed by atoms with van der Waals surface area (Å²) >= 11 is 0. The van der Waals surface area contributed by atoms with Crippen LogP contribution < -0.4 is 15.4 Å². The number of ether oxygens (including phenoxy) is 1. The molecule has 1 aromatic rings. The smallest absolute Gasteiger partial charge is 0.191 e. The van der Waals surface area contributed by atoms with Crippen LogP contribution in [0.15, 0.2) is 35.3 Å². The van der Waals surface area contributed by atoms with E-state index in [1.54, 1.807) is 0 Å². The van der Waals surface area contributed by atoms with Gasteiger partial charge in [0.15, 0.2) is 5.96 Å². The lowest BCUT2D eigenvalue weighted by Crippen LogP contribution is -2.42. The highest BCUT2D eigenvalue weighted by molar-refractivity contribution is 5.79. The second-order valence-corrected chi connectivity index (χ2v) is 7.26. The van der Waals surface area contributed by atoms with Gasteiger partial charge in [0.05, 0.1) is 6.61 Å². The number of nitrogens with one attached hydrogen (secondary N) is 2. The summed E-state index contributed by atoms with van der Waals surface area (Å²) in [4.78, 5) is 7.39. The molecule has 1 aliphatic heterocycles. The average Bonchev–Trinajstić information content (AvgIpc) is 2.66. The Labute approximate surface area is 159 Å². The molecule has 146 valence electrons. The predicted molar refractivity (Wildman–Crippen MR) is 110 cm³/mol. The largest absolute Gasteiger partial charge is 0.494 e. The minimum atomic E-state index is 0.637. The minimum absolute atomic E-state index is 0.637. The fourth-order valence-electron chi connectivity index (χ4n) is 3.26. The van der Waals surface area contributed by atoms with Crippen molar-refractivity contribution in [3.8, 4) is 5.75 Å². The van der Waals surface area contributed by atoms with Gasteiger partial charge in [-0.3, -0.25) is 4.99 Å². The molecule has 0 spiro atoms. The van der Waals surface area contributed by atoms with Crippen LogP contribution in [-0.2, 0) is 0 Å². The Hall–Kier alpha value is -1.75. The molecule has 1 aliphatic rings. The van der Waals surface area contributed by atoms with Gasteiger partial charge in [0, 0.05) is 32.2 Å². The number of guanidine groups is 1. The first-order chi connectivity index (χ1) is 12.7. The Morgan fingerprint density at radius 1 is 1.27 bits per heavy atom. The number of benzene rings is 1. The molecule has 2 rings (SSSR count). The number of nitrogens with zero attached hydrogens (tertiary/aromatic N) is 2. The molecule has 1 fully saturated rings. The third kappa shape index (κ3) is 7.65. The van der Waals surface area contributed by atoms with Crippen molar-refractivity contribution in [3.63, 3.8) is 0 Å². The van der Waals surface area contributed by atoms with Gasteiger partial charge in [-0.1, -0.05) is 18.2 Å². The summed E-state index contributed by atoms with van der Waals surface area (Å²) in [5, 5.41) is 6.78. The number of rotatable bonds is 9. The van der Waals surface area contributed by atoms with Crippen molar-refractivity contribution >= 4 is 5.96 Å². The van der Waals surface area contributed by atoms with E-state index in [4.69, 9.17) is 9.73 Å². The third-order valence-corrected chi connectivity index (χ3v) is 4.76. The van der Waals surface area contributed by atoms with Crippen LogP contribution in [0.3, 0.4) is 0 Å². The summed E-state index contributed by atoms with van der Waals surface area (Å²) in [5.74, 6) is 2.52. The minimum Gasteiger partial charge on any atom is -0.494 e. The lowest BCUT2D eigenvalue weighted by atomic mass is 9.97. The molecule has 0 amide bonds. The van der Waals surface area contributed by atoms with E-state index in [-0.39, 0.29) is 0 Å². The van der Waals surface area contributed by atoms with Crippen molar-refractivity contribution in [2.24, 2.45) is 10.9 Å². The molecular weight excluding hydrogens is 324 g/mol. The van der Waals surface area contributed by atoms with E-state index in [0.29, 0.717) is 18.6 Å². The maximum absolute atomic E-state index is 5.73. The van der Waals surface area contributed by atoms with E-state index in [1.165, 1.54) is 25.9 Å². The highest BCUT2D eigenvalue weighted by atomic mass is 16.5. The molecule has 0 saturated carbocycles. The quantitative estimate of drug-likeness (QED) is 0.404. The molecule has 0 aliphatic carbocycles. The van der Waals surface area contributed by atoms with Gasteiger partial charge in [-0.15, -0.1) is 0 Å². The Kier molecular flexibility index (Phi) is 9.32. The van der Waals surface area contributed by atoms with Crippen LogP contribution in [0.1, 0.15) is 40.0 Å². The lowest BCUT2D eigenvalue weighted by molar-refractivity contribution is 0.143. The molecular formula is C21H36N4O. The third-order valence-electron chi connectivity index (χ3n) is 4.76. The zero-order valence-electron chi connectivity index (χ0n) is 16.7. The lowest BCUT2D eigenvalue weighted by Gasteiger charge is -2.34. The maximum atomic E-state index is 5.73. The molecule has 26 heavy (non-hydrogen) atoms. The van der Waals surface area contributed by atoms with E-state index in [2.05, 4.69) is 36.3 Å². The number of hydrogen-bond donors (Lipinski definition) is 2. The maximum Gasteiger partial charge on any atom is 0.191 e. The van der Waals surface area contributed by atoms with Crippen molar-refractivity contribution in [2.45, 2.75) is 46.1 Å². The Balaban J connectivity index is 1.68. The van der Waals surface area contributed by atoms with Crippen molar-refractivity contribution in [2.75, 3.05) is 39.3 Å². The molecule has 1 heterocycles. The normalized spacial score (nSPS) is 18.8. The van der Waals surface area contributed by atoms with Gasteiger partial charge in [-0.2, -0.15) is 0 Å². The first-order valence-electron chi connectivity index (χ1n) is 10.1.